The van der Waals surface area contributed by atoms with Crippen molar-refractivity contribution in [2.75, 3.05) is 0 Å². The van der Waals surface area contributed by atoms with Crippen LogP contribution < -0.4 is 14.2 Å². The van der Waals surface area contributed by atoms with Crippen LogP contribution in [-0.4, -0.2) is 70.4 Å². The number of aromatic nitrogens is 5. The van der Waals surface area contributed by atoms with Gasteiger partial charge in [0.1, 0.15) is 58.9 Å². The number of carboxylic acids is 3. The van der Waals surface area contributed by atoms with Gasteiger partial charge in [-0.15, -0.1) is 11.3 Å². The smallest absolute Gasteiger partial charge is 0.336 e. The lowest BCUT2D eigenvalue weighted by atomic mass is 9.87. The third-order valence-corrected chi connectivity index (χ3v) is 22.2. The van der Waals surface area contributed by atoms with Gasteiger partial charge in [-0.1, -0.05) is 134 Å². The van der Waals surface area contributed by atoms with Gasteiger partial charge in [0.25, 0.3) is 0 Å². The van der Waals surface area contributed by atoms with Crippen molar-refractivity contribution in [1.82, 2.24) is 24.9 Å². The third kappa shape index (κ3) is 14.3. The molecular formula is C91H77N5O13S. The van der Waals surface area contributed by atoms with E-state index in [0.717, 1.165) is 152 Å². The Morgan fingerprint density at radius 1 is 0.473 bits per heavy atom. The molecule has 0 radical (unpaired) electrons. The maximum Gasteiger partial charge on any atom is 0.336 e. The number of carbonyl (C=O) groups is 3. The van der Waals surface area contributed by atoms with Crippen LogP contribution in [-0.2, 0) is 13.0 Å². The van der Waals surface area contributed by atoms with Crippen LogP contribution in [0, 0.1) is 27.7 Å². The average molecular weight is 1480 g/mol. The number of aromatic carboxylic acids is 3. The summed E-state index contributed by atoms with van der Waals surface area (Å²) >= 11 is 1.63. The highest BCUT2D eigenvalue weighted by molar-refractivity contribution is 7.17. The lowest BCUT2D eigenvalue weighted by molar-refractivity contribution is 0.0687. The van der Waals surface area contributed by atoms with Crippen LogP contribution in [0.3, 0.4) is 0 Å². The first-order chi connectivity index (χ1) is 53.6. The van der Waals surface area contributed by atoms with Gasteiger partial charge in [0.05, 0.1) is 79.7 Å². The van der Waals surface area contributed by atoms with Crippen molar-refractivity contribution in [3.63, 3.8) is 0 Å². The number of fused-ring (bicyclic) bond motifs is 6. The van der Waals surface area contributed by atoms with Gasteiger partial charge in [-0.3, -0.25) is 0 Å². The number of furan rings is 2. The van der Waals surface area contributed by atoms with Gasteiger partial charge in [-0.05, 0) is 173 Å². The number of thiophene rings is 1. The number of pyridine rings is 3. The van der Waals surface area contributed by atoms with E-state index in [1.807, 2.05) is 155 Å². The summed E-state index contributed by atoms with van der Waals surface area (Å²) in [5.41, 5.74) is 14.4. The molecule has 18 rings (SSSR count). The molecule has 3 N–H and O–H groups in total. The number of benzene rings is 8. The number of rotatable bonds is 17. The van der Waals surface area contributed by atoms with Crippen LogP contribution in [0.2, 0.25) is 0 Å². The quantitative estimate of drug-likeness (QED) is 0.0765. The topological polar surface area (TPSA) is 257 Å². The van der Waals surface area contributed by atoms with Crippen LogP contribution in [0.25, 0.3) is 110 Å². The molecule has 0 spiro atoms. The van der Waals surface area contributed by atoms with Crippen LogP contribution in [0.5, 0.6) is 17.2 Å². The lowest BCUT2D eigenvalue weighted by Crippen LogP contribution is -2.23. The molecular weight excluding hydrogens is 1400 g/mol. The molecule has 0 aliphatic heterocycles. The maximum atomic E-state index is 12.5. The zero-order valence-electron chi connectivity index (χ0n) is 61.2. The Balaban J connectivity index is 0.000000125. The fourth-order valence-corrected chi connectivity index (χ4v) is 16.4. The molecule has 0 amide bonds. The van der Waals surface area contributed by atoms with Gasteiger partial charge < -0.3 is 47.2 Å². The molecule has 110 heavy (non-hydrogen) atoms. The van der Waals surface area contributed by atoms with Gasteiger partial charge in [0, 0.05) is 54.8 Å². The number of para-hydroxylation sites is 2. The number of hydrogen-bond donors (Lipinski definition) is 3. The Labute approximate surface area is 636 Å². The number of carboxylic acid groups (broad SMARTS) is 3. The molecule has 8 aromatic heterocycles. The van der Waals surface area contributed by atoms with E-state index in [9.17, 15) is 29.7 Å². The van der Waals surface area contributed by atoms with E-state index in [0.29, 0.717) is 97.0 Å². The molecule has 8 aromatic carbocycles. The summed E-state index contributed by atoms with van der Waals surface area (Å²) in [7, 11) is 0. The fourth-order valence-electron chi connectivity index (χ4n) is 15.4. The number of nitrogens with zero attached hydrogens (tertiary/aromatic N) is 5. The molecule has 16 aromatic rings. The summed E-state index contributed by atoms with van der Waals surface area (Å²) in [5.74, 6) is 1.87. The van der Waals surface area contributed by atoms with Crippen LogP contribution in [0.1, 0.15) is 146 Å². The van der Waals surface area contributed by atoms with E-state index in [1.165, 1.54) is 0 Å². The highest BCUT2D eigenvalue weighted by Crippen LogP contribution is 2.44. The monoisotopic (exact) mass is 1480 g/mol. The van der Waals surface area contributed by atoms with Crippen molar-refractivity contribution in [2.45, 2.75) is 123 Å². The summed E-state index contributed by atoms with van der Waals surface area (Å²) in [6.45, 7) is 10.2. The third-order valence-electron chi connectivity index (χ3n) is 21.2. The molecule has 0 unspecified atom stereocenters. The molecule has 0 bridgehead atoms. The Morgan fingerprint density at radius 3 is 1.40 bits per heavy atom. The van der Waals surface area contributed by atoms with Crippen LogP contribution >= 0.6 is 11.3 Å². The molecule has 2 aliphatic rings. The molecule has 19 heteroatoms. The molecule has 2 saturated carbocycles. The average Bonchev–Trinajstić information content (AvgIpc) is 1.37. The Hall–Kier alpha value is -12.7. The minimum absolute atomic E-state index is 0.0129. The minimum Gasteiger partial charge on any atom is -0.490 e. The predicted octanol–water partition coefficient (Wildman–Crippen LogP) is 22.7. The summed E-state index contributed by atoms with van der Waals surface area (Å²) in [6, 6.07) is 58.4. The lowest BCUT2D eigenvalue weighted by Gasteiger charge is -2.28. The zero-order valence-corrected chi connectivity index (χ0v) is 62.0. The van der Waals surface area contributed by atoms with E-state index < -0.39 is 17.9 Å². The van der Waals surface area contributed by atoms with Crippen molar-refractivity contribution in [3.05, 3.63) is 274 Å². The molecule has 8 heterocycles. The summed E-state index contributed by atoms with van der Waals surface area (Å²) in [6.07, 6.45) is 14.3. The molecule has 0 saturated heterocycles. The van der Waals surface area contributed by atoms with Crippen molar-refractivity contribution >= 4 is 94.0 Å². The summed E-state index contributed by atoms with van der Waals surface area (Å²) in [5, 5.41) is 37.3. The number of ether oxygens (including phenoxy) is 3. The predicted molar refractivity (Wildman–Crippen MR) is 426 cm³/mol. The van der Waals surface area contributed by atoms with E-state index in [4.69, 9.17) is 46.8 Å². The Kier molecular flexibility index (Phi) is 20.1. The van der Waals surface area contributed by atoms with Gasteiger partial charge in [0.15, 0.2) is 23.3 Å². The van der Waals surface area contributed by atoms with E-state index in [-0.39, 0.29) is 28.9 Å². The van der Waals surface area contributed by atoms with Crippen molar-refractivity contribution in [2.24, 2.45) is 0 Å². The first-order valence-electron chi connectivity index (χ1n) is 37.0. The van der Waals surface area contributed by atoms with E-state index in [2.05, 4.69) is 58.7 Å². The first kappa shape index (κ1) is 71.5. The van der Waals surface area contributed by atoms with Gasteiger partial charge in [-0.2, -0.15) is 0 Å². The second kappa shape index (κ2) is 30.9. The van der Waals surface area contributed by atoms with Gasteiger partial charge in [0.2, 0.25) is 0 Å². The van der Waals surface area contributed by atoms with Crippen molar-refractivity contribution in [3.8, 4) is 62.5 Å². The maximum absolute atomic E-state index is 12.5. The summed E-state index contributed by atoms with van der Waals surface area (Å²) < 4.78 is 43.4. The van der Waals surface area contributed by atoms with Crippen LogP contribution in [0.4, 0.5) is 0 Å². The minimum atomic E-state index is -1.03. The number of aryl methyl sites for hydroxylation is 5. The van der Waals surface area contributed by atoms with Crippen molar-refractivity contribution < 1.29 is 61.6 Å². The highest BCUT2D eigenvalue weighted by Gasteiger charge is 2.31. The normalized spacial score (nSPS) is 15.7. The van der Waals surface area contributed by atoms with E-state index >= 15 is 0 Å². The standard InChI is InChI=1S/C33H25NO3S.2C29H26N2O5/c1-2-22-16-17-29(37-19-21-12-14-24(15-13-21)23-8-4-3-5-9-23)31-26(33(35)36)18-28(34-32(22)31)27-20-38-30-11-7-6-10-25(27)30;2*1-16-7-12-24(35-19-10-8-18(9-11-19)28-30-13-14-34-28)25-21(29(32)33)15-22(31-26(16)25)27-17(2)20-5-3-4-6-23(20)36-27/h3-18,20H,2,19H2,1H3,(H,35,36);2*3-7,12-15,18-19H,8-11H2,1-2H3,(H,32,33). The zero-order chi connectivity index (χ0) is 75.7. The molecule has 0 atom stereocenters. The fraction of sp³-hybridized carbons (Fsp3) is 0.209. The number of hydrogen-bond acceptors (Lipinski definition) is 16. The Morgan fingerprint density at radius 2 is 0.918 bits per heavy atom. The molecule has 2 fully saturated rings. The first-order valence-corrected chi connectivity index (χ1v) is 37.9. The second-order valence-corrected chi connectivity index (χ2v) is 29.0. The molecule has 550 valence electrons. The Bertz CT molecular complexity index is 5870. The van der Waals surface area contributed by atoms with E-state index in [1.54, 1.807) is 54.5 Å². The van der Waals surface area contributed by atoms with Gasteiger partial charge in [-0.25, -0.2) is 39.3 Å². The number of oxazole rings is 2. The second-order valence-electron chi connectivity index (χ2n) is 28.1. The largest absolute Gasteiger partial charge is 0.490 e. The summed E-state index contributed by atoms with van der Waals surface area (Å²) in [4.78, 5) is 60.8. The van der Waals surface area contributed by atoms with Crippen molar-refractivity contribution in [1.29, 1.82) is 0 Å². The highest BCUT2D eigenvalue weighted by atomic mass is 32.1. The molecule has 2 aliphatic carbocycles. The van der Waals surface area contributed by atoms with Crippen LogP contribution in [0.15, 0.2) is 230 Å². The molecule has 18 nitrogen and oxygen atoms in total. The van der Waals surface area contributed by atoms with Gasteiger partial charge >= 0.3 is 17.9 Å². The SMILES string of the molecule is CCc1ccc(OCc2ccc(-c3ccccc3)cc2)c2c(C(=O)O)cc(-c3csc4ccccc34)nc12.Cc1c(-c2cc(C(=O)O)c3c(OC4CCC(c5ncco5)CC4)ccc(C)c3n2)oc2ccccc12.Cc1c(-c2cc(C(=O)O)c3c(OC4CCC(c5ncco5)CC4)ccc(C)c3n2)oc2ccccc12.